The first kappa shape index (κ1) is 22.8. The highest BCUT2D eigenvalue weighted by molar-refractivity contribution is 8.00. The second kappa shape index (κ2) is 8.48. The molecule has 4 atom stereocenters. The van der Waals surface area contributed by atoms with Crippen LogP contribution < -0.4 is 11.4 Å². The first-order valence-corrected chi connectivity index (χ1v) is 12.4. The zero-order valence-electron chi connectivity index (χ0n) is 13.1. The summed E-state index contributed by atoms with van der Waals surface area (Å²) in [6, 6.07) is 1.39. The molecule has 27 heavy (non-hydrogen) atoms. The maximum absolute atomic E-state index is 11.8. The monoisotopic (exact) mass is 463 g/mol. The molecular formula is C8H13BN3O11P3S-. The molecule has 1 aliphatic rings. The molecule has 0 bridgehead atoms. The van der Waals surface area contributed by atoms with Gasteiger partial charge in [-0.05, 0) is 6.07 Å². The van der Waals surface area contributed by atoms with Gasteiger partial charge in [0, 0.05) is 11.9 Å². The molecule has 0 saturated carbocycles. The van der Waals surface area contributed by atoms with Gasteiger partial charge in [0.15, 0.2) is 0 Å². The summed E-state index contributed by atoms with van der Waals surface area (Å²) >= 11 is 1.14. The molecule has 0 aliphatic carbocycles. The Labute approximate surface area is 157 Å². The smallest absolute Gasteiger partial charge is 0.443 e. The summed E-state index contributed by atoms with van der Waals surface area (Å²) in [5.74, 6) is 0.323. The van der Waals surface area contributed by atoms with Crippen LogP contribution in [0.5, 0.6) is 0 Å². The number of phosphoric acid groups is 2. The second-order valence-electron chi connectivity index (χ2n) is 4.85. The van der Waals surface area contributed by atoms with E-state index in [1.807, 2.05) is 0 Å². The minimum Gasteiger partial charge on any atom is -0.443 e. The fraction of sp³-hybridized carbons (Fsp3) is 0.500. The molecule has 5 N–H and O–H groups in total. The topological polar surface area (TPSA) is 210 Å². The standard InChI is InChI=1S/C8H13BN3O11P3S/c9-24(14,22-26(18,19)23-25(15,16)17)20-3-7-21-6(4-27-7)12-2-1-5(10)11-8(12)13/h1-2,6-7H,3-4H2,(H,18,19)(H2,10,11,13)(H2,15,16,17)/q-1/t6-,7+,24-/m0/s1. The number of ether oxygens (including phenoxy) is 1. The van der Waals surface area contributed by atoms with Gasteiger partial charge in [-0.15, -0.1) is 11.8 Å². The Bertz CT molecular complexity index is 892. The van der Waals surface area contributed by atoms with E-state index >= 15 is 0 Å². The fourth-order valence-corrected chi connectivity index (χ4v) is 6.04. The minimum atomic E-state index is -5.46. The van der Waals surface area contributed by atoms with Gasteiger partial charge in [-0.2, -0.15) is 9.29 Å². The fourth-order valence-electron chi connectivity index (χ4n) is 1.80. The molecule has 0 aromatic carbocycles. The summed E-state index contributed by atoms with van der Waals surface area (Å²) in [6.45, 7) is -0.498. The van der Waals surface area contributed by atoms with Crippen LogP contribution in [0.3, 0.4) is 0 Å². The number of nitrogens with two attached hydrogens (primary N) is 1. The highest BCUT2D eigenvalue weighted by Gasteiger charge is 2.35. The van der Waals surface area contributed by atoms with E-state index in [2.05, 4.69) is 18.1 Å². The van der Waals surface area contributed by atoms with E-state index in [1.165, 1.54) is 12.3 Å². The third-order valence-corrected chi connectivity index (χ3v) is 7.73. The van der Waals surface area contributed by atoms with E-state index in [9.17, 15) is 18.5 Å². The number of anilines is 1. The lowest BCUT2D eigenvalue weighted by atomic mass is 10.5. The van der Waals surface area contributed by atoms with Crippen LogP contribution in [-0.2, 0) is 31.6 Å². The zero-order valence-corrected chi connectivity index (χ0v) is 16.6. The third-order valence-electron chi connectivity index (χ3n) is 2.71. The van der Waals surface area contributed by atoms with Crippen molar-refractivity contribution in [1.29, 1.82) is 0 Å². The van der Waals surface area contributed by atoms with E-state index in [0.29, 0.717) is 0 Å². The van der Waals surface area contributed by atoms with E-state index in [0.717, 1.165) is 16.3 Å². The van der Waals surface area contributed by atoms with Crippen molar-refractivity contribution in [2.45, 2.75) is 11.7 Å². The van der Waals surface area contributed by atoms with Crippen LogP contribution >= 0.6 is 34.9 Å². The number of nitrogens with zero attached hydrogens (tertiary/aromatic N) is 2. The first-order chi connectivity index (χ1) is 12.3. The number of hydrogen-bond acceptors (Lipinski definition) is 11. The highest BCUT2D eigenvalue weighted by Crippen LogP contribution is 2.66. The Morgan fingerprint density at radius 3 is 2.63 bits per heavy atom. The molecule has 151 valence electrons. The summed E-state index contributed by atoms with van der Waals surface area (Å²) in [5, 5.41) is 0. The van der Waals surface area contributed by atoms with E-state index in [1.54, 1.807) is 0 Å². The summed E-state index contributed by atoms with van der Waals surface area (Å²) in [4.78, 5) is 41.4. The van der Waals surface area contributed by atoms with Crippen molar-refractivity contribution in [3.8, 4) is 0 Å². The Morgan fingerprint density at radius 1 is 1.37 bits per heavy atom. The normalized spacial score (nSPS) is 25.0. The van der Waals surface area contributed by atoms with Gasteiger partial charge >= 0.3 is 21.3 Å². The average molecular weight is 463 g/mol. The number of aromatic nitrogens is 2. The Morgan fingerprint density at radius 2 is 2.04 bits per heavy atom. The lowest BCUT2D eigenvalue weighted by Crippen LogP contribution is -2.28. The van der Waals surface area contributed by atoms with Crippen molar-refractivity contribution in [2.75, 3.05) is 18.1 Å². The molecule has 0 spiro atoms. The van der Waals surface area contributed by atoms with Crippen molar-refractivity contribution < 1.29 is 46.3 Å². The largest absolute Gasteiger partial charge is 0.485 e. The predicted molar refractivity (Wildman–Crippen MR) is 92.6 cm³/mol. The van der Waals surface area contributed by atoms with Crippen LogP contribution in [0.4, 0.5) is 5.82 Å². The van der Waals surface area contributed by atoms with Gasteiger partial charge in [-0.25, -0.2) is 18.2 Å². The molecular weight excluding hydrogens is 450 g/mol. The molecule has 1 aromatic heterocycles. The molecule has 2 heterocycles. The lowest BCUT2D eigenvalue weighted by molar-refractivity contribution is -0.00280. The van der Waals surface area contributed by atoms with Crippen LogP contribution in [0, 0.1) is 0 Å². The number of hydrogen-bond donors (Lipinski definition) is 4. The minimum absolute atomic E-state index is 0.0361. The molecule has 14 nitrogen and oxygen atoms in total. The zero-order chi connectivity index (χ0) is 20.5. The summed E-state index contributed by atoms with van der Waals surface area (Å²) in [6.07, 6.45) is 0.640. The third kappa shape index (κ3) is 7.45. The van der Waals surface area contributed by atoms with Crippen LogP contribution in [0.2, 0.25) is 0 Å². The van der Waals surface area contributed by atoms with E-state index in [-0.39, 0.29) is 11.6 Å². The maximum atomic E-state index is 11.8. The number of rotatable bonds is 8. The molecule has 19 heteroatoms. The lowest BCUT2D eigenvalue weighted by Gasteiger charge is -2.28. The van der Waals surface area contributed by atoms with Crippen molar-refractivity contribution in [2.24, 2.45) is 0 Å². The Kier molecular flexibility index (Phi) is 7.16. The number of thioether (sulfide) groups is 1. The summed E-state index contributed by atoms with van der Waals surface area (Å²) < 4.78 is 52.5. The van der Waals surface area contributed by atoms with Crippen molar-refractivity contribution in [3.63, 3.8) is 0 Å². The summed E-state index contributed by atoms with van der Waals surface area (Å²) in [5.41, 5.74) is 3.95. The second-order valence-corrected chi connectivity index (χ2v) is 10.6. The Hall–Kier alpha value is -0.495. The van der Waals surface area contributed by atoms with Gasteiger partial charge in [0.2, 0.25) is 0 Å². The predicted octanol–water partition coefficient (Wildman–Crippen LogP) is -0.0669. The molecule has 1 saturated heterocycles. The van der Waals surface area contributed by atoms with Gasteiger partial charge in [0.1, 0.15) is 17.5 Å². The average Bonchev–Trinajstić information content (AvgIpc) is 2.90. The molecule has 1 unspecified atom stereocenters. The van der Waals surface area contributed by atoms with E-state index in [4.69, 9.17) is 32.7 Å². The molecule has 2 rings (SSSR count). The van der Waals surface area contributed by atoms with Gasteiger partial charge in [0.05, 0.1) is 14.1 Å². The molecule has 3 radical (unpaired) electrons. The van der Waals surface area contributed by atoms with Gasteiger partial charge in [-0.3, -0.25) is 4.57 Å². The van der Waals surface area contributed by atoms with Crippen molar-refractivity contribution >= 4 is 48.3 Å². The van der Waals surface area contributed by atoms with Crippen LogP contribution in [0.15, 0.2) is 17.1 Å². The Balaban J connectivity index is 1.91. The highest BCUT2D eigenvalue weighted by atomic mass is 32.2. The summed E-state index contributed by atoms with van der Waals surface area (Å²) in [7, 11) is -10.5. The molecule has 1 aliphatic heterocycles. The van der Waals surface area contributed by atoms with Crippen molar-refractivity contribution in [1.82, 2.24) is 9.55 Å². The first-order valence-electron chi connectivity index (χ1n) is 6.72. The van der Waals surface area contributed by atoms with Crippen LogP contribution in [0.25, 0.3) is 0 Å². The van der Waals surface area contributed by atoms with Crippen LogP contribution in [-0.4, -0.2) is 49.6 Å². The molecule has 1 fully saturated rings. The number of nitrogen functional groups attached to an aromatic ring is 1. The van der Waals surface area contributed by atoms with Gasteiger partial charge in [-0.1, -0.05) is 0 Å². The van der Waals surface area contributed by atoms with Gasteiger partial charge < -0.3 is 41.8 Å². The van der Waals surface area contributed by atoms with Crippen molar-refractivity contribution in [3.05, 3.63) is 22.7 Å². The van der Waals surface area contributed by atoms with E-state index < -0.39 is 47.1 Å². The quantitative estimate of drug-likeness (QED) is 0.294. The maximum Gasteiger partial charge on any atom is 0.485 e. The SMILES string of the molecule is [B-][P@](=O)(OC[C@@H]1O[C@H](n2ccc(N)nc2=O)CS1)OP(=O)(O)OP(=O)(O)O. The molecule has 0 amide bonds. The van der Waals surface area contributed by atoms with Gasteiger partial charge in [0.25, 0.3) is 0 Å². The molecule has 1 aromatic rings. The van der Waals surface area contributed by atoms with Crippen LogP contribution in [0.1, 0.15) is 6.23 Å².